The normalized spacial score (nSPS) is 23.3. The molecule has 1 unspecified atom stereocenters. The molecule has 0 aromatic heterocycles. The molecular formula is C30H30F6N4O3. The van der Waals surface area contributed by atoms with Gasteiger partial charge in [-0.05, 0) is 44.0 Å². The number of alkyl halides is 3. The van der Waals surface area contributed by atoms with Gasteiger partial charge in [-0.3, -0.25) is 4.79 Å². The first-order valence-electron chi connectivity index (χ1n) is 14.0. The van der Waals surface area contributed by atoms with Crippen molar-refractivity contribution in [1.29, 1.82) is 0 Å². The molecular weight excluding hydrogens is 578 g/mol. The molecule has 1 saturated carbocycles. The van der Waals surface area contributed by atoms with Crippen LogP contribution >= 0.6 is 0 Å². The van der Waals surface area contributed by atoms with Gasteiger partial charge in [0.25, 0.3) is 5.91 Å². The van der Waals surface area contributed by atoms with Gasteiger partial charge in [0.2, 0.25) is 5.60 Å². The van der Waals surface area contributed by atoms with Gasteiger partial charge in [0.15, 0.2) is 0 Å². The quantitative estimate of drug-likeness (QED) is 0.365. The Bertz CT molecular complexity index is 1490. The highest BCUT2D eigenvalue weighted by Crippen LogP contribution is 2.52. The molecule has 13 heteroatoms. The Morgan fingerprint density at radius 2 is 1.70 bits per heavy atom. The van der Waals surface area contributed by atoms with E-state index in [-0.39, 0.29) is 54.5 Å². The largest absolute Gasteiger partial charge is 0.416 e. The number of benzene rings is 2. The van der Waals surface area contributed by atoms with Crippen LogP contribution in [-0.4, -0.2) is 72.2 Å². The number of aliphatic hydroxyl groups is 1. The number of anilines is 1. The fourth-order valence-electron chi connectivity index (χ4n) is 6.27. The van der Waals surface area contributed by atoms with Crippen LogP contribution in [0.2, 0.25) is 0 Å². The number of carbonyl (C=O) groups excluding carboxylic acids is 2. The molecule has 2 N–H and O–H groups in total. The number of fused-ring (bicyclic) bond motifs is 1. The molecule has 2 aliphatic heterocycles. The molecule has 2 fully saturated rings. The van der Waals surface area contributed by atoms with Crippen LogP contribution < -0.4 is 10.2 Å². The van der Waals surface area contributed by atoms with Crippen LogP contribution in [0.25, 0.3) is 0 Å². The molecule has 0 spiro atoms. The third-order valence-electron chi connectivity index (χ3n) is 8.43. The number of urea groups is 1. The summed E-state index contributed by atoms with van der Waals surface area (Å²) in [5, 5.41) is 14.3. The molecule has 2 aromatic rings. The van der Waals surface area contributed by atoms with Crippen LogP contribution in [0.5, 0.6) is 0 Å². The van der Waals surface area contributed by atoms with Crippen LogP contribution in [-0.2, 0) is 16.6 Å². The van der Waals surface area contributed by atoms with E-state index in [1.165, 1.54) is 4.90 Å². The predicted octanol–water partition coefficient (Wildman–Crippen LogP) is 4.20. The molecule has 2 aromatic carbocycles. The summed E-state index contributed by atoms with van der Waals surface area (Å²) in [7, 11) is 0. The summed E-state index contributed by atoms with van der Waals surface area (Å²) in [6, 6.07) is 2.00. The minimum Gasteiger partial charge on any atom is -0.371 e. The van der Waals surface area contributed by atoms with Crippen molar-refractivity contribution in [2.24, 2.45) is 5.92 Å². The zero-order chi connectivity index (χ0) is 31.3. The molecule has 3 aliphatic rings. The number of hydrogen-bond acceptors (Lipinski definition) is 4. The van der Waals surface area contributed by atoms with E-state index < -0.39 is 51.8 Å². The first-order valence-corrected chi connectivity index (χ1v) is 14.0. The van der Waals surface area contributed by atoms with Crippen molar-refractivity contribution in [1.82, 2.24) is 15.1 Å². The third-order valence-corrected chi connectivity index (χ3v) is 8.43. The summed E-state index contributed by atoms with van der Waals surface area (Å²) in [6.45, 7) is 6.17. The Kier molecular flexibility index (Phi) is 8.13. The topological polar surface area (TPSA) is 76.1 Å². The van der Waals surface area contributed by atoms with Crippen LogP contribution in [0, 0.1) is 35.2 Å². The van der Waals surface area contributed by atoms with E-state index in [9.17, 15) is 32.3 Å². The maximum Gasteiger partial charge on any atom is 0.416 e. The maximum absolute atomic E-state index is 15.1. The second-order valence-electron chi connectivity index (χ2n) is 11.0. The third kappa shape index (κ3) is 5.42. The summed E-state index contributed by atoms with van der Waals surface area (Å²) in [5.74, 6) is -1.06. The van der Waals surface area contributed by atoms with Crippen LogP contribution in [0.15, 0.2) is 24.3 Å². The number of amides is 3. The van der Waals surface area contributed by atoms with Crippen LogP contribution in [0.3, 0.4) is 0 Å². The summed E-state index contributed by atoms with van der Waals surface area (Å²) >= 11 is 0. The summed E-state index contributed by atoms with van der Waals surface area (Å²) in [5.41, 5.74) is -7.93. The molecule has 2 heterocycles. The summed E-state index contributed by atoms with van der Waals surface area (Å²) in [4.78, 5) is 30.2. The second-order valence-corrected chi connectivity index (χ2v) is 11.0. The average Bonchev–Trinajstić information content (AvgIpc) is 3.40. The Balaban J connectivity index is 1.62. The van der Waals surface area contributed by atoms with Gasteiger partial charge in [-0.25, -0.2) is 18.0 Å². The lowest BCUT2D eigenvalue weighted by atomic mass is 9.78. The lowest BCUT2D eigenvalue weighted by molar-refractivity contribution is -0.142. The monoisotopic (exact) mass is 608 g/mol. The van der Waals surface area contributed by atoms with Gasteiger partial charge >= 0.3 is 12.2 Å². The standard InChI is InChI=1S/C30H30F6N4O3/c1-3-38(4-2)20-10-18(11-20)16-40-24-13-17(6-5-8-39-9-7-37-28(39)42)12-21(30(34,35)36)25(24)29(43,27(40)41)26-22(32)14-19(31)15-23(26)33/h12-15,18,20,43H,3-4,7-11,16H2,1-2H3,(H,37,42). The van der Waals surface area contributed by atoms with Gasteiger partial charge in [-0.1, -0.05) is 25.7 Å². The van der Waals surface area contributed by atoms with E-state index in [1.54, 1.807) is 0 Å². The van der Waals surface area contributed by atoms with Gasteiger partial charge in [0.1, 0.15) is 17.5 Å². The van der Waals surface area contributed by atoms with Crippen molar-refractivity contribution in [3.63, 3.8) is 0 Å². The van der Waals surface area contributed by atoms with Crippen LogP contribution in [0.1, 0.15) is 48.9 Å². The Morgan fingerprint density at radius 3 is 2.26 bits per heavy atom. The van der Waals surface area contributed by atoms with Crippen molar-refractivity contribution >= 4 is 17.6 Å². The van der Waals surface area contributed by atoms with Crippen molar-refractivity contribution in [3.8, 4) is 11.8 Å². The highest BCUT2D eigenvalue weighted by Gasteiger charge is 2.58. The van der Waals surface area contributed by atoms with E-state index in [2.05, 4.69) is 22.1 Å². The van der Waals surface area contributed by atoms with Crippen molar-refractivity contribution in [2.75, 3.05) is 44.2 Å². The van der Waals surface area contributed by atoms with Gasteiger partial charge in [-0.15, -0.1) is 0 Å². The Hall–Kier alpha value is -3.76. The number of carbonyl (C=O) groups is 2. The predicted molar refractivity (Wildman–Crippen MR) is 144 cm³/mol. The average molecular weight is 609 g/mol. The summed E-state index contributed by atoms with van der Waals surface area (Å²) in [6.07, 6.45) is -3.93. The highest BCUT2D eigenvalue weighted by molar-refractivity contribution is 6.10. The van der Waals surface area contributed by atoms with Crippen molar-refractivity contribution in [3.05, 3.63) is 64.0 Å². The zero-order valence-corrected chi connectivity index (χ0v) is 23.5. The number of hydrogen-bond donors (Lipinski definition) is 2. The van der Waals surface area contributed by atoms with Crippen molar-refractivity contribution < 1.29 is 41.0 Å². The van der Waals surface area contributed by atoms with E-state index in [1.807, 2.05) is 13.8 Å². The lowest BCUT2D eigenvalue weighted by Crippen LogP contribution is -2.50. The maximum atomic E-state index is 15.1. The summed E-state index contributed by atoms with van der Waals surface area (Å²) < 4.78 is 87.6. The first-order chi connectivity index (χ1) is 20.3. The van der Waals surface area contributed by atoms with Crippen molar-refractivity contribution in [2.45, 2.75) is 44.5 Å². The fourth-order valence-corrected chi connectivity index (χ4v) is 6.27. The number of nitrogens with one attached hydrogen (secondary N) is 1. The minimum atomic E-state index is -5.18. The minimum absolute atomic E-state index is 0.0718. The van der Waals surface area contributed by atoms with Gasteiger partial charge in [-0.2, -0.15) is 13.2 Å². The number of nitrogens with zero attached hydrogens (tertiary/aromatic N) is 3. The molecule has 230 valence electrons. The molecule has 0 bridgehead atoms. The smallest absolute Gasteiger partial charge is 0.371 e. The number of rotatable bonds is 7. The first kappa shape index (κ1) is 30.7. The van der Waals surface area contributed by atoms with Crippen LogP contribution in [0.4, 0.5) is 36.8 Å². The number of halogens is 6. The van der Waals surface area contributed by atoms with Gasteiger partial charge < -0.3 is 25.1 Å². The second kappa shape index (κ2) is 11.4. The molecule has 7 nitrogen and oxygen atoms in total. The van der Waals surface area contributed by atoms with E-state index >= 15 is 8.78 Å². The Morgan fingerprint density at radius 1 is 1.05 bits per heavy atom. The Labute approximate surface area is 244 Å². The lowest BCUT2D eigenvalue weighted by Gasteiger charge is -2.43. The molecule has 1 aliphatic carbocycles. The highest BCUT2D eigenvalue weighted by atomic mass is 19.4. The molecule has 3 amide bonds. The van der Waals surface area contributed by atoms with E-state index in [0.717, 1.165) is 24.1 Å². The molecule has 1 atom stereocenters. The molecule has 43 heavy (non-hydrogen) atoms. The molecule has 1 saturated heterocycles. The van der Waals surface area contributed by atoms with E-state index in [4.69, 9.17) is 0 Å². The van der Waals surface area contributed by atoms with E-state index in [0.29, 0.717) is 32.0 Å². The fraction of sp³-hybridized carbons (Fsp3) is 0.467. The van der Waals surface area contributed by atoms with Gasteiger partial charge in [0.05, 0.1) is 23.4 Å². The molecule has 0 radical (unpaired) electrons. The zero-order valence-electron chi connectivity index (χ0n) is 23.5. The molecule has 5 rings (SSSR count). The SMILES string of the molecule is CCN(CC)C1CC(CN2C(=O)C(O)(c3c(F)cc(F)cc3F)c3c2cc(C#CCN2CCNC2=O)cc3C(F)(F)F)C1. The van der Waals surface area contributed by atoms with Gasteiger partial charge in [0, 0.05) is 48.9 Å².